The number of morpholine rings is 1. The first-order chi connectivity index (χ1) is 12.0. The summed E-state index contributed by atoms with van der Waals surface area (Å²) in [7, 11) is 0. The van der Waals surface area contributed by atoms with Crippen molar-refractivity contribution in [3.05, 3.63) is 35.6 Å². The summed E-state index contributed by atoms with van der Waals surface area (Å²) in [6.45, 7) is 10.3. The highest BCUT2D eigenvalue weighted by molar-refractivity contribution is 5.78. The van der Waals surface area contributed by atoms with Crippen LogP contribution in [0.25, 0.3) is 0 Å². The fourth-order valence-corrected chi connectivity index (χ4v) is 3.35. The Bertz CT molecular complexity index is 544. The molecule has 2 rings (SSSR count). The van der Waals surface area contributed by atoms with E-state index in [-0.39, 0.29) is 17.6 Å². The Labute approximate surface area is 150 Å². The van der Waals surface area contributed by atoms with Crippen molar-refractivity contribution in [3.63, 3.8) is 0 Å². The molecule has 1 fully saturated rings. The molecular formula is C20H31FN2O2. The predicted molar refractivity (Wildman–Crippen MR) is 97.9 cm³/mol. The van der Waals surface area contributed by atoms with Crippen molar-refractivity contribution in [3.8, 4) is 0 Å². The van der Waals surface area contributed by atoms with E-state index in [9.17, 15) is 9.18 Å². The van der Waals surface area contributed by atoms with Crippen LogP contribution in [0.5, 0.6) is 0 Å². The number of nitrogens with zero attached hydrogens (tertiary/aromatic N) is 1. The molecule has 0 radical (unpaired) electrons. The number of hydrogen-bond donors (Lipinski definition) is 1. The van der Waals surface area contributed by atoms with Crippen molar-refractivity contribution in [2.45, 2.75) is 39.7 Å². The summed E-state index contributed by atoms with van der Waals surface area (Å²) >= 11 is 0. The minimum Gasteiger partial charge on any atom is -0.379 e. The number of ether oxygens (including phenoxy) is 1. The topological polar surface area (TPSA) is 41.6 Å². The van der Waals surface area contributed by atoms with Gasteiger partial charge in [-0.25, -0.2) is 4.39 Å². The van der Waals surface area contributed by atoms with Crippen molar-refractivity contribution in [2.24, 2.45) is 11.8 Å². The second-order valence-corrected chi connectivity index (χ2v) is 7.41. The minimum atomic E-state index is -0.255. The summed E-state index contributed by atoms with van der Waals surface area (Å²) < 4.78 is 18.7. The van der Waals surface area contributed by atoms with E-state index < -0.39 is 0 Å². The van der Waals surface area contributed by atoms with Gasteiger partial charge in [-0.2, -0.15) is 0 Å². The van der Waals surface area contributed by atoms with E-state index >= 15 is 0 Å². The Balaban J connectivity index is 1.86. The summed E-state index contributed by atoms with van der Waals surface area (Å²) in [6, 6.07) is 6.81. The molecule has 4 nitrogen and oxygen atoms in total. The fourth-order valence-electron chi connectivity index (χ4n) is 3.35. The molecule has 1 aliphatic rings. The van der Waals surface area contributed by atoms with Crippen LogP contribution in [0.15, 0.2) is 24.3 Å². The molecule has 1 aromatic rings. The highest BCUT2D eigenvalue weighted by atomic mass is 19.1. The lowest BCUT2D eigenvalue weighted by Gasteiger charge is -2.35. The number of amides is 1. The molecule has 0 aliphatic carbocycles. The fraction of sp³-hybridized carbons (Fsp3) is 0.650. The quantitative estimate of drug-likeness (QED) is 0.784. The third kappa shape index (κ3) is 6.75. The van der Waals surface area contributed by atoms with Crippen molar-refractivity contribution >= 4 is 5.91 Å². The molecular weight excluding hydrogens is 319 g/mol. The van der Waals surface area contributed by atoms with Crippen molar-refractivity contribution in [1.29, 1.82) is 0 Å². The molecule has 140 valence electrons. The first-order valence-electron chi connectivity index (χ1n) is 9.29. The largest absolute Gasteiger partial charge is 0.379 e. The molecule has 1 aromatic carbocycles. The van der Waals surface area contributed by atoms with Crippen LogP contribution < -0.4 is 5.32 Å². The SMILES string of the molecule is CC(C)CC(CNC(=O)C(C)Cc1cccc(F)c1)N1CCOCC1. The molecule has 1 aliphatic heterocycles. The minimum absolute atomic E-state index is 0.0336. The Morgan fingerprint density at radius 3 is 2.64 bits per heavy atom. The summed E-state index contributed by atoms with van der Waals surface area (Å²) in [5.74, 6) is 0.182. The zero-order valence-electron chi connectivity index (χ0n) is 15.6. The van der Waals surface area contributed by atoms with Gasteiger partial charge in [-0.15, -0.1) is 0 Å². The van der Waals surface area contributed by atoms with Gasteiger partial charge in [0.25, 0.3) is 0 Å². The first-order valence-corrected chi connectivity index (χ1v) is 9.29. The van der Waals surface area contributed by atoms with Gasteiger partial charge in [-0.3, -0.25) is 9.69 Å². The maximum atomic E-state index is 13.3. The molecule has 0 saturated carbocycles. The number of nitrogens with one attached hydrogen (secondary N) is 1. The molecule has 25 heavy (non-hydrogen) atoms. The second-order valence-electron chi connectivity index (χ2n) is 7.41. The molecule has 1 heterocycles. The van der Waals surface area contributed by atoms with Gasteiger partial charge in [0.2, 0.25) is 5.91 Å². The number of halogens is 1. The van der Waals surface area contributed by atoms with Gasteiger partial charge in [0.1, 0.15) is 5.82 Å². The number of hydrogen-bond acceptors (Lipinski definition) is 3. The van der Waals surface area contributed by atoms with Gasteiger partial charge in [0.15, 0.2) is 0 Å². The summed E-state index contributed by atoms with van der Waals surface area (Å²) in [5, 5.41) is 3.10. The van der Waals surface area contributed by atoms with E-state index in [1.165, 1.54) is 12.1 Å². The highest BCUT2D eigenvalue weighted by Gasteiger charge is 2.23. The van der Waals surface area contributed by atoms with Gasteiger partial charge in [0.05, 0.1) is 13.2 Å². The monoisotopic (exact) mass is 350 g/mol. The normalized spacial score (nSPS) is 18.1. The van der Waals surface area contributed by atoms with E-state index in [2.05, 4.69) is 24.1 Å². The lowest BCUT2D eigenvalue weighted by molar-refractivity contribution is -0.124. The zero-order chi connectivity index (χ0) is 18.2. The standard InChI is InChI=1S/C20H31FN2O2/c1-15(2)11-19(23-7-9-25-10-8-23)14-22-20(24)16(3)12-17-5-4-6-18(21)13-17/h4-6,13,15-16,19H,7-12,14H2,1-3H3,(H,22,24). The average molecular weight is 350 g/mol. The van der Waals surface area contributed by atoms with Crippen molar-refractivity contribution < 1.29 is 13.9 Å². The average Bonchev–Trinajstić information content (AvgIpc) is 2.58. The summed E-state index contributed by atoms with van der Waals surface area (Å²) in [5.41, 5.74) is 0.856. The maximum Gasteiger partial charge on any atom is 0.223 e. The van der Waals surface area contributed by atoms with Gasteiger partial charge < -0.3 is 10.1 Å². The number of carbonyl (C=O) groups is 1. The Morgan fingerprint density at radius 2 is 2.00 bits per heavy atom. The molecule has 1 amide bonds. The van der Waals surface area contributed by atoms with Crippen LogP contribution in [0.3, 0.4) is 0 Å². The van der Waals surface area contributed by atoms with E-state index in [0.717, 1.165) is 38.3 Å². The zero-order valence-corrected chi connectivity index (χ0v) is 15.6. The predicted octanol–water partition coefficient (Wildman–Crippen LogP) is 2.87. The Kier molecular flexibility index (Phi) is 7.85. The van der Waals surface area contributed by atoms with Crippen LogP contribution in [0.4, 0.5) is 4.39 Å². The summed E-state index contributed by atoms with van der Waals surface area (Å²) in [6.07, 6.45) is 1.61. The van der Waals surface area contributed by atoms with Crippen LogP contribution in [-0.2, 0) is 16.0 Å². The van der Waals surface area contributed by atoms with Gasteiger partial charge >= 0.3 is 0 Å². The smallest absolute Gasteiger partial charge is 0.223 e. The molecule has 2 atom stereocenters. The molecule has 2 unspecified atom stereocenters. The molecule has 5 heteroatoms. The number of rotatable bonds is 8. The number of carbonyl (C=O) groups excluding carboxylic acids is 1. The summed E-state index contributed by atoms with van der Waals surface area (Å²) in [4.78, 5) is 14.9. The van der Waals surface area contributed by atoms with E-state index in [1.807, 2.05) is 13.0 Å². The Morgan fingerprint density at radius 1 is 1.28 bits per heavy atom. The first kappa shape index (κ1) is 19.9. The van der Waals surface area contributed by atoms with Crippen LogP contribution in [-0.4, -0.2) is 49.7 Å². The molecule has 1 N–H and O–H groups in total. The molecule has 0 bridgehead atoms. The molecule has 1 saturated heterocycles. The third-order valence-electron chi connectivity index (χ3n) is 4.70. The lowest BCUT2D eigenvalue weighted by Crippen LogP contribution is -2.49. The third-order valence-corrected chi connectivity index (χ3v) is 4.70. The van der Waals surface area contributed by atoms with Crippen molar-refractivity contribution in [2.75, 3.05) is 32.8 Å². The van der Waals surface area contributed by atoms with Crippen LogP contribution in [0.1, 0.15) is 32.8 Å². The Hall–Kier alpha value is -1.46. The van der Waals surface area contributed by atoms with Crippen LogP contribution in [0.2, 0.25) is 0 Å². The van der Waals surface area contributed by atoms with E-state index in [0.29, 0.717) is 24.9 Å². The lowest BCUT2D eigenvalue weighted by atomic mass is 9.99. The van der Waals surface area contributed by atoms with Crippen LogP contribution in [0, 0.1) is 17.7 Å². The van der Waals surface area contributed by atoms with E-state index in [4.69, 9.17) is 4.74 Å². The highest BCUT2D eigenvalue weighted by Crippen LogP contribution is 2.14. The van der Waals surface area contributed by atoms with Crippen LogP contribution >= 0.6 is 0 Å². The molecule has 0 spiro atoms. The van der Waals surface area contributed by atoms with E-state index in [1.54, 1.807) is 6.07 Å². The van der Waals surface area contributed by atoms with Gasteiger partial charge in [0, 0.05) is 31.6 Å². The second kappa shape index (κ2) is 9.88. The van der Waals surface area contributed by atoms with Gasteiger partial charge in [-0.1, -0.05) is 32.9 Å². The molecule has 0 aromatic heterocycles. The van der Waals surface area contributed by atoms with Gasteiger partial charge in [-0.05, 0) is 36.5 Å². The number of benzene rings is 1. The van der Waals surface area contributed by atoms with Crippen molar-refractivity contribution in [1.82, 2.24) is 10.2 Å². The maximum absolute atomic E-state index is 13.3.